The number of nitrogens with one attached hydrogen (secondary N) is 2. The minimum Gasteiger partial charge on any atom is -0.326 e. The highest BCUT2D eigenvalue weighted by Crippen LogP contribution is 2.15. The molecular formula is C16H26N2O3S. The van der Waals surface area contributed by atoms with Gasteiger partial charge < -0.3 is 5.32 Å². The summed E-state index contributed by atoms with van der Waals surface area (Å²) in [7, 11) is -3.49. The molecule has 0 spiro atoms. The zero-order chi connectivity index (χ0) is 16.6. The standard InChI is InChI=1S/C16H26N2O3S/c1-4-5-6-7-8-16(19)17-14-9-11-15(12-10-14)22(20,21)18-13(2)3/h9-13,18H,4-8H2,1-3H3,(H,17,19). The predicted molar refractivity (Wildman–Crippen MR) is 89.3 cm³/mol. The summed E-state index contributed by atoms with van der Waals surface area (Å²) < 4.78 is 26.5. The van der Waals surface area contributed by atoms with Crippen LogP contribution in [-0.2, 0) is 14.8 Å². The molecule has 0 aliphatic carbocycles. The normalized spacial score (nSPS) is 11.6. The first-order valence-electron chi connectivity index (χ1n) is 7.77. The van der Waals surface area contributed by atoms with Crippen LogP contribution in [-0.4, -0.2) is 20.4 Å². The van der Waals surface area contributed by atoms with E-state index in [1.54, 1.807) is 26.0 Å². The number of sulfonamides is 1. The van der Waals surface area contributed by atoms with Crippen molar-refractivity contribution in [2.75, 3.05) is 5.32 Å². The van der Waals surface area contributed by atoms with Crippen LogP contribution < -0.4 is 10.0 Å². The van der Waals surface area contributed by atoms with Gasteiger partial charge in [-0.1, -0.05) is 26.2 Å². The Bertz CT molecular complexity index is 566. The van der Waals surface area contributed by atoms with E-state index >= 15 is 0 Å². The van der Waals surface area contributed by atoms with E-state index in [1.807, 2.05) is 0 Å². The Morgan fingerprint density at radius 1 is 1.09 bits per heavy atom. The second-order valence-corrected chi connectivity index (χ2v) is 7.37. The molecule has 6 heteroatoms. The maximum atomic E-state index is 12.0. The fraction of sp³-hybridized carbons (Fsp3) is 0.562. The number of hydrogen-bond donors (Lipinski definition) is 2. The van der Waals surface area contributed by atoms with Crippen LogP contribution in [0.3, 0.4) is 0 Å². The van der Waals surface area contributed by atoms with E-state index in [1.165, 1.54) is 12.1 Å². The first-order valence-corrected chi connectivity index (χ1v) is 9.25. The highest BCUT2D eigenvalue weighted by Gasteiger charge is 2.15. The van der Waals surface area contributed by atoms with Crippen molar-refractivity contribution in [2.24, 2.45) is 0 Å². The van der Waals surface area contributed by atoms with Crippen LogP contribution in [0.4, 0.5) is 5.69 Å². The molecule has 0 fully saturated rings. The zero-order valence-corrected chi connectivity index (χ0v) is 14.4. The summed E-state index contributed by atoms with van der Waals surface area (Å²) in [5, 5.41) is 2.78. The molecule has 1 aromatic carbocycles. The van der Waals surface area contributed by atoms with Crippen molar-refractivity contribution >= 4 is 21.6 Å². The quantitative estimate of drug-likeness (QED) is 0.684. The van der Waals surface area contributed by atoms with Gasteiger partial charge in [-0.25, -0.2) is 13.1 Å². The van der Waals surface area contributed by atoms with E-state index < -0.39 is 10.0 Å². The van der Waals surface area contributed by atoms with Crippen molar-refractivity contribution in [2.45, 2.75) is 63.8 Å². The molecule has 2 N–H and O–H groups in total. The number of rotatable bonds is 9. The third kappa shape index (κ3) is 6.58. The van der Waals surface area contributed by atoms with E-state index in [2.05, 4.69) is 17.0 Å². The molecule has 0 radical (unpaired) electrons. The summed E-state index contributed by atoms with van der Waals surface area (Å²) in [5.74, 6) is -0.0352. The Morgan fingerprint density at radius 2 is 1.73 bits per heavy atom. The van der Waals surface area contributed by atoms with Crippen molar-refractivity contribution in [3.63, 3.8) is 0 Å². The average Bonchev–Trinajstić information content (AvgIpc) is 2.43. The van der Waals surface area contributed by atoms with E-state index in [0.717, 1.165) is 25.7 Å². The summed E-state index contributed by atoms with van der Waals surface area (Å²) >= 11 is 0. The van der Waals surface area contributed by atoms with Gasteiger partial charge in [0.2, 0.25) is 15.9 Å². The fourth-order valence-electron chi connectivity index (χ4n) is 2.03. The lowest BCUT2D eigenvalue weighted by Gasteiger charge is -2.10. The predicted octanol–water partition coefficient (Wildman–Crippen LogP) is 3.28. The number of benzene rings is 1. The van der Waals surface area contributed by atoms with Gasteiger partial charge in [-0.3, -0.25) is 4.79 Å². The topological polar surface area (TPSA) is 75.3 Å². The number of carbonyl (C=O) groups is 1. The average molecular weight is 326 g/mol. The van der Waals surface area contributed by atoms with Crippen LogP contribution in [0.5, 0.6) is 0 Å². The smallest absolute Gasteiger partial charge is 0.240 e. The Labute approximate surface area is 133 Å². The first-order chi connectivity index (χ1) is 10.3. The van der Waals surface area contributed by atoms with E-state index in [9.17, 15) is 13.2 Å². The molecular weight excluding hydrogens is 300 g/mol. The van der Waals surface area contributed by atoms with Gasteiger partial charge in [-0.2, -0.15) is 0 Å². The van der Waals surface area contributed by atoms with Crippen LogP contribution in [0.25, 0.3) is 0 Å². The van der Waals surface area contributed by atoms with Crippen molar-refractivity contribution in [3.05, 3.63) is 24.3 Å². The van der Waals surface area contributed by atoms with Crippen LogP contribution in [0.2, 0.25) is 0 Å². The molecule has 0 saturated carbocycles. The second-order valence-electron chi connectivity index (χ2n) is 5.66. The molecule has 0 saturated heterocycles. The number of anilines is 1. The second kappa shape index (κ2) is 8.90. The van der Waals surface area contributed by atoms with Gasteiger partial charge in [0, 0.05) is 18.2 Å². The summed E-state index contributed by atoms with van der Waals surface area (Å²) in [6.07, 6.45) is 4.71. The maximum Gasteiger partial charge on any atom is 0.240 e. The summed E-state index contributed by atoms with van der Waals surface area (Å²) in [5.41, 5.74) is 0.615. The maximum absolute atomic E-state index is 12.0. The van der Waals surface area contributed by atoms with Gasteiger partial charge in [0.1, 0.15) is 0 Å². The molecule has 0 aromatic heterocycles. The first kappa shape index (κ1) is 18.6. The molecule has 0 heterocycles. The van der Waals surface area contributed by atoms with E-state index in [4.69, 9.17) is 0 Å². The lowest BCUT2D eigenvalue weighted by molar-refractivity contribution is -0.116. The fourth-order valence-corrected chi connectivity index (χ4v) is 3.28. The van der Waals surface area contributed by atoms with Gasteiger partial charge in [0.25, 0.3) is 0 Å². The summed E-state index contributed by atoms with van der Waals surface area (Å²) in [6, 6.07) is 6.06. The molecule has 1 aromatic rings. The largest absolute Gasteiger partial charge is 0.326 e. The minimum atomic E-state index is -3.49. The molecule has 0 bridgehead atoms. The molecule has 22 heavy (non-hydrogen) atoms. The Hall–Kier alpha value is -1.40. The summed E-state index contributed by atoms with van der Waals surface area (Å²) in [4.78, 5) is 12.0. The minimum absolute atomic E-state index is 0.0352. The molecule has 0 atom stereocenters. The van der Waals surface area contributed by atoms with Crippen LogP contribution >= 0.6 is 0 Å². The SMILES string of the molecule is CCCCCCC(=O)Nc1ccc(S(=O)(=O)NC(C)C)cc1. The molecule has 5 nitrogen and oxygen atoms in total. The molecule has 0 unspecified atom stereocenters. The van der Waals surface area contributed by atoms with Gasteiger partial charge in [0.05, 0.1) is 4.90 Å². The van der Waals surface area contributed by atoms with Crippen molar-refractivity contribution < 1.29 is 13.2 Å². The summed E-state index contributed by atoms with van der Waals surface area (Å²) in [6.45, 7) is 5.67. The highest BCUT2D eigenvalue weighted by molar-refractivity contribution is 7.89. The van der Waals surface area contributed by atoms with Crippen LogP contribution in [0.1, 0.15) is 52.9 Å². The number of carbonyl (C=O) groups excluding carboxylic acids is 1. The zero-order valence-electron chi connectivity index (χ0n) is 13.6. The van der Waals surface area contributed by atoms with E-state index in [0.29, 0.717) is 12.1 Å². The number of amides is 1. The Balaban J connectivity index is 2.56. The molecule has 1 amide bonds. The molecule has 0 aliphatic rings. The van der Waals surface area contributed by atoms with Gasteiger partial charge in [0.15, 0.2) is 0 Å². The van der Waals surface area contributed by atoms with Gasteiger partial charge in [-0.15, -0.1) is 0 Å². The van der Waals surface area contributed by atoms with Crippen molar-refractivity contribution in [1.82, 2.24) is 4.72 Å². The third-order valence-corrected chi connectivity index (χ3v) is 4.77. The van der Waals surface area contributed by atoms with E-state index in [-0.39, 0.29) is 16.8 Å². The lowest BCUT2D eigenvalue weighted by Crippen LogP contribution is -2.30. The number of hydrogen-bond acceptors (Lipinski definition) is 3. The Kier molecular flexibility index (Phi) is 7.55. The van der Waals surface area contributed by atoms with Crippen molar-refractivity contribution in [1.29, 1.82) is 0 Å². The number of unbranched alkanes of at least 4 members (excludes halogenated alkanes) is 3. The van der Waals surface area contributed by atoms with Crippen LogP contribution in [0, 0.1) is 0 Å². The van der Waals surface area contributed by atoms with Gasteiger partial charge in [-0.05, 0) is 44.5 Å². The van der Waals surface area contributed by atoms with Crippen LogP contribution in [0.15, 0.2) is 29.2 Å². The third-order valence-electron chi connectivity index (χ3n) is 3.10. The lowest BCUT2D eigenvalue weighted by atomic mass is 10.1. The Morgan fingerprint density at radius 3 is 2.27 bits per heavy atom. The molecule has 124 valence electrons. The molecule has 0 aliphatic heterocycles. The monoisotopic (exact) mass is 326 g/mol. The van der Waals surface area contributed by atoms with Gasteiger partial charge >= 0.3 is 0 Å². The molecule has 1 rings (SSSR count). The van der Waals surface area contributed by atoms with Crippen molar-refractivity contribution in [3.8, 4) is 0 Å². The highest BCUT2D eigenvalue weighted by atomic mass is 32.2.